The van der Waals surface area contributed by atoms with Crippen molar-refractivity contribution in [2.75, 3.05) is 13.1 Å². The summed E-state index contributed by atoms with van der Waals surface area (Å²) in [6.45, 7) is 5.40. The Balaban J connectivity index is 0.00000264. The molecule has 0 bridgehead atoms. The molecule has 1 heterocycles. The van der Waals surface area contributed by atoms with Gasteiger partial charge in [0.05, 0.1) is 5.69 Å². The standard InChI is InChI=1S/C17H30N4O.ClH/c1-13-15(14(2)21(3)20-13)7-10-19-16(22)11-17(12-18)8-5-4-6-9-17;/h4-12,18H2,1-3H3,(H,19,22);1H. The van der Waals surface area contributed by atoms with Crippen LogP contribution in [0.2, 0.25) is 0 Å². The minimum atomic E-state index is 0. The molecule has 5 nitrogen and oxygen atoms in total. The number of hydrogen-bond acceptors (Lipinski definition) is 3. The fourth-order valence-corrected chi connectivity index (χ4v) is 3.66. The Bertz CT molecular complexity index is 521. The summed E-state index contributed by atoms with van der Waals surface area (Å²) in [5.74, 6) is 0.145. The molecule has 1 aromatic rings. The van der Waals surface area contributed by atoms with Crippen LogP contribution in [0.4, 0.5) is 0 Å². The van der Waals surface area contributed by atoms with E-state index in [1.54, 1.807) is 0 Å². The molecule has 0 unspecified atom stereocenters. The van der Waals surface area contributed by atoms with Crippen LogP contribution in [-0.4, -0.2) is 28.8 Å². The van der Waals surface area contributed by atoms with E-state index in [2.05, 4.69) is 17.3 Å². The Morgan fingerprint density at radius 3 is 2.48 bits per heavy atom. The molecular weight excluding hydrogens is 312 g/mol. The van der Waals surface area contributed by atoms with Gasteiger partial charge in [0, 0.05) is 25.7 Å². The molecule has 3 N–H and O–H groups in total. The quantitative estimate of drug-likeness (QED) is 0.833. The fraction of sp³-hybridized carbons (Fsp3) is 0.765. The van der Waals surface area contributed by atoms with Crippen LogP contribution in [-0.2, 0) is 18.3 Å². The van der Waals surface area contributed by atoms with Crippen molar-refractivity contribution in [3.8, 4) is 0 Å². The Hall–Kier alpha value is -1.07. The van der Waals surface area contributed by atoms with E-state index in [0.29, 0.717) is 19.5 Å². The Morgan fingerprint density at radius 1 is 1.30 bits per heavy atom. The van der Waals surface area contributed by atoms with Crippen molar-refractivity contribution >= 4 is 18.3 Å². The highest BCUT2D eigenvalue weighted by Gasteiger charge is 2.32. The molecule has 0 aliphatic heterocycles. The van der Waals surface area contributed by atoms with Crippen molar-refractivity contribution in [2.24, 2.45) is 18.2 Å². The summed E-state index contributed by atoms with van der Waals surface area (Å²) in [5, 5.41) is 7.48. The third kappa shape index (κ3) is 4.95. The number of nitrogens with zero attached hydrogens (tertiary/aromatic N) is 2. The van der Waals surface area contributed by atoms with Crippen molar-refractivity contribution in [3.63, 3.8) is 0 Å². The van der Waals surface area contributed by atoms with Crippen molar-refractivity contribution in [3.05, 3.63) is 17.0 Å². The number of nitrogens with one attached hydrogen (secondary N) is 1. The maximum Gasteiger partial charge on any atom is 0.220 e. The predicted octanol–water partition coefficient (Wildman–Crippen LogP) is 2.42. The third-order valence-electron chi connectivity index (χ3n) is 5.24. The lowest BCUT2D eigenvalue weighted by Gasteiger charge is -2.35. The summed E-state index contributed by atoms with van der Waals surface area (Å²) in [6, 6.07) is 0. The summed E-state index contributed by atoms with van der Waals surface area (Å²) in [7, 11) is 1.96. The van der Waals surface area contributed by atoms with E-state index in [9.17, 15) is 4.79 Å². The van der Waals surface area contributed by atoms with E-state index in [4.69, 9.17) is 5.73 Å². The highest BCUT2D eigenvalue weighted by molar-refractivity contribution is 5.85. The third-order valence-corrected chi connectivity index (χ3v) is 5.24. The molecule has 23 heavy (non-hydrogen) atoms. The van der Waals surface area contributed by atoms with Gasteiger partial charge in [0.1, 0.15) is 0 Å². The second-order valence-electron chi connectivity index (χ2n) is 6.81. The van der Waals surface area contributed by atoms with Crippen LogP contribution in [0.15, 0.2) is 0 Å². The molecule has 0 saturated heterocycles. The first-order valence-corrected chi connectivity index (χ1v) is 8.43. The highest BCUT2D eigenvalue weighted by atomic mass is 35.5. The average molecular weight is 343 g/mol. The molecule has 1 aromatic heterocycles. The first kappa shape index (κ1) is 20.0. The minimum Gasteiger partial charge on any atom is -0.356 e. The van der Waals surface area contributed by atoms with Gasteiger partial charge in [0.15, 0.2) is 0 Å². The van der Waals surface area contributed by atoms with E-state index in [1.807, 2.05) is 18.7 Å². The highest BCUT2D eigenvalue weighted by Crippen LogP contribution is 2.38. The number of aromatic nitrogens is 2. The van der Waals surface area contributed by atoms with Gasteiger partial charge in [0.2, 0.25) is 5.91 Å². The zero-order valence-corrected chi connectivity index (χ0v) is 15.5. The van der Waals surface area contributed by atoms with Gasteiger partial charge in [-0.1, -0.05) is 19.3 Å². The zero-order valence-electron chi connectivity index (χ0n) is 14.7. The maximum absolute atomic E-state index is 12.3. The molecule has 0 radical (unpaired) electrons. The van der Waals surface area contributed by atoms with E-state index in [0.717, 1.165) is 25.0 Å². The topological polar surface area (TPSA) is 72.9 Å². The number of amides is 1. The molecule has 0 aromatic carbocycles. The number of rotatable bonds is 6. The van der Waals surface area contributed by atoms with Crippen LogP contribution in [0.5, 0.6) is 0 Å². The second kappa shape index (κ2) is 8.69. The molecule has 1 saturated carbocycles. The number of aryl methyl sites for hydroxylation is 2. The predicted molar refractivity (Wildman–Crippen MR) is 95.8 cm³/mol. The van der Waals surface area contributed by atoms with Gasteiger partial charge in [0.25, 0.3) is 0 Å². The average Bonchev–Trinajstić information content (AvgIpc) is 2.74. The van der Waals surface area contributed by atoms with Crippen LogP contribution >= 0.6 is 12.4 Å². The normalized spacial score (nSPS) is 16.7. The van der Waals surface area contributed by atoms with Crippen LogP contribution < -0.4 is 11.1 Å². The number of halogens is 1. The fourth-order valence-electron chi connectivity index (χ4n) is 3.66. The van der Waals surface area contributed by atoms with Crippen molar-refractivity contribution in [1.29, 1.82) is 0 Å². The van der Waals surface area contributed by atoms with Gasteiger partial charge >= 0.3 is 0 Å². The van der Waals surface area contributed by atoms with Crippen LogP contribution in [0.25, 0.3) is 0 Å². The molecule has 0 atom stereocenters. The first-order chi connectivity index (χ1) is 10.5. The van der Waals surface area contributed by atoms with Gasteiger partial charge in [-0.25, -0.2) is 0 Å². The smallest absolute Gasteiger partial charge is 0.220 e. The van der Waals surface area contributed by atoms with E-state index >= 15 is 0 Å². The molecule has 6 heteroatoms. The lowest BCUT2D eigenvalue weighted by atomic mass is 9.71. The lowest BCUT2D eigenvalue weighted by molar-refractivity contribution is -0.123. The van der Waals surface area contributed by atoms with Gasteiger partial charge < -0.3 is 11.1 Å². The summed E-state index contributed by atoms with van der Waals surface area (Å²) < 4.78 is 1.90. The molecule has 2 rings (SSSR count). The summed E-state index contributed by atoms with van der Waals surface area (Å²) in [4.78, 5) is 12.3. The minimum absolute atomic E-state index is 0. The SMILES string of the molecule is Cc1nn(C)c(C)c1CCNC(=O)CC1(CN)CCCCC1.Cl. The Kier molecular flexibility index (Phi) is 7.55. The first-order valence-electron chi connectivity index (χ1n) is 8.43. The van der Waals surface area contributed by atoms with Gasteiger partial charge in [-0.3, -0.25) is 9.48 Å². The number of hydrogen-bond donors (Lipinski definition) is 2. The Labute approximate surface area is 145 Å². The number of carbonyl (C=O) groups is 1. The molecule has 1 aliphatic carbocycles. The van der Waals surface area contributed by atoms with Crippen LogP contribution in [0.1, 0.15) is 55.5 Å². The van der Waals surface area contributed by atoms with E-state index in [1.165, 1.54) is 30.5 Å². The second-order valence-corrected chi connectivity index (χ2v) is 6.81. The monoisotopic (exact) mass is 342 g/mol. The summed E-state index contributed by atoms with van der Waals surface area (Å²) in [6.07, 6.45) is 7.30. The molecular formula is C17H31ClN4O. The molecule has 1 amide bonds. The van der Waals surface area contributed by atoms with Gasteiger partial charge in [-0.05, 0) is 50.6 Å². The molecule has 1 fully saturated rings. The maximum atomic E-state index is 12.3. The molecule has 132 valence electrons. The summed E-state index contributed by atoms with van der Waals surface area (Å²) in [5.41, 5.74) is 9.48. The van der Waals surface area contributed by atoms with Crippen molar-refractivity contribution in [2.45, 2.75) is 58.8 Å². The lowest BCUT2D eigenvalue weighted by Crippen LogP contribution is -2.39. The van der Waals surface area contributed by atoms with Crippen molar-refractivity contribution < 1.29 is 4.79 Å². The van der Waals surface area contributed by atoms with E-state index < -0.39 is 0 Å². The number of nitrogens with two attached hydrogens (primary N) is 1. The van der Waals surface area contributed by atoms with Crippen molar-refractivity contribution in [1.82, 2.24) is 15.1 Å². The van der Waals surface area contributed by atoms with E-state index in [-0.39, 0.29) is 23.7 Å². The van der Waals surface area contributed by atoms with Gasteiger partial charge in [-0.15, -0.1) is 12.4 Å². The Morgan fingerprint density at radius 2 is 1.96 bits per heavy atom. The largest absolute Gasteiger partial charge is 0.356 e. The number of carbonyl (C=O) groups excluding carboxylic acids is 1. The summed E-state index contributed by atoms with van der Waals surface area (Å²) >= 11 is 0. The molecule has 1 aliphatic rings. The van der Waals surface area contributed by atoms with Gasteiger partial charge in [-0.2, -0.15) is 5.10 Å². The zero-order chi connectivity index (χ0) is 16.2. The molecule has 0 spiro atoms. The van der Waals surface area contributed by atoms with Crippen LogP contribution in [0, 0.1) is 19.3 Å². The van der Waals surface area contributed by atoms with Crippen LogP contribution in [0.3, 0.4) is 0 Å².